The highest BCUT2D eigenvalue weighted by Gasteiger charge is 2.05. The molecule has 2 aromatic rings. The Morgan fingerprint density at radius 2 is 2.06 bits per heavy atom. The largest absolute Gasteiger partial charge is 0.374 e. The molecule has 18 heavy (non-hydrogen) atoms. The fraction of sp³-hybridized carbons (Fsp3) is 0.250. The highest BCUT2D eigenvalue weighted by atomic mass is 35.5. The van der Waals surface area contributed by atoms with Gasteiger partial charge in [0.25, 0.3) is 0 Å². The van der Waals surface area contributed by atoms with Gasteiger partial charge in [0.05, 0.1) is 0 Å². The molecule has 0 saturated carbocycles. The van der Waals surface area contributed by atoms with Gasteiger partial charge in [-0.1, -0.05) is 23.4 Å². The lowest BCUT2D eigenvalue weighted by Gasteiger charge is -2.04. The molecule has 2 heterocycles. The maximum absolute atomic E-state index is 5.96. The normalized spacial score (nSPS) is 10.6. The SMILES string of the molecule is CCOCc1nc(Cl)cc(Sc2ccncc2)n1. The van der Waals surface area contributed by atoms with Crippen molar-refractivity contribution in [2.45, 2.75) is 23.5 Å². The Morgan fingerprint density at radius 3 is 2.78 bits per heavy atom. The van der Waals surface area contributed by atoms with E-state index in [1.807, 2.05) is 19.1 Å². The van der Waals surface area contributed by atoms with Gasteiger partial charge in [0, 0.05) is 30.0 Å². The monoisotopic (exact) mass is 281 g/mol. The predicted molar refractivity (Wildman–Crippen MR) is 70.7 cm³/mol. The molecule has 0 amide bonds. The van der Waals surface area contributed by atoms with E-state index < -0.39 is 0 Å². The van der Waals surface area contributed by atoms with Crippen LogP contribution in [0.3, 0.4) is 0 Å². The molecule has 0 aromatic carbocycles. The summed E-state index contributed by atoms with van der Waals surface area (Å²) in [5.41, 5.74) is 0. The van der Waals surface area contributed by atoms with Crippen LogP contribution in [0.15, 0.2) is 40.5 Å². The summed E-state index contributed by atoms with van der Waals surface area (Å²) in [7, 11) is 0. The van der Waals surface area contributed by atoms with Crippen molar-refractivity contribution in [3.8, 4) is 0 Å². The van der Waals surface area contributed by atoms with Crippen molar-refractivity contribution in [2.75, 3.05) is 6.61 Å². The van der Waals surface area contributed by atoms with Crippen molar-refractivity contribution in [3.63, 3.8) is 0 Å². The Bertz CT molecular complexity index is 510. The summed E-state index contributed by atoms with van der Waals surface area (Å²) >= 11 is 7.48. The van der Waals surface area contributed by atoms with Gasteiger partial charge in [0.1, 0.15) is 16.8 Å². The zero-order chi connectivity index (χ0) is 12.8. The molecule has 4 nitrogen and oxygen atoms in total. The molecule has 0 radical (unpaired) electrons. The molecule has 94 valence electrons. The molecule has 2 rings (SSSR count). The number of halogens is 1. The van der Waals surface area contributed by atoms with Crippen LogP contribution in [0.1, 0.15) is 12.7 Å². The van der Waals surface area contributed by atoms with E-state index in [-0.39, 0.29) is 0 Å². The van der Waals surface area contributed by atoms with Crippen LogP contribution < -0.4 is 0 Å². The molecule has 0 atom stereocenters. The van der Waals surface area contributed by atoms with Gasteiger partial charge >= 0.3 is 0 Å². The quantitative estimate of drug-likeness (QED) is 0.788. The number of hydrogen-bond acceptors (Lipinski definition) is 5. The summed E-state index contributed by atoms with van der Waals surface area (Å²) in [5, 5.41) is 1.23. The van der Waals surface area contributed by atoms with Gasteiger partial charge in [0.2, 0.25) is 0 Å². The predicted octanol–water partition coefficient (Wildman–Crippen LogP) is 3.21. The maximum atomic E-state index is 5.96. The maximum Gasteiger partial charge on any atom is 0.157 e. The van der Waals surface area contributed by atoms with Gasteiger partial charge in [-0.15, -0.1) is 0 Å². The van der Waals surface area contributed by atoms with Crippen LogP contribution in [0, 0.1) is 0 Å². The van der Waals surface area contributed by atoms with Gasteiger partial charge in [-0.3, -0.25) is 4.98 Å². The first-order valence-corrected chi connectivity index (χ1v) is 6.66. The third-order valence-corrected chi connectivity index (χ3v) is 3.14. The first-order valence-electron chi connectivity index (χ1n) is 5.47. The lowest BCUT2D eigenvalue weighted by Crippen LogP contribution is -2.00. The number of hydrogen-bond donors (Lipinski definition) is 0. The first-order chi connectivity index (χ1) is 8.78. The van der Waals surface area contributed by atoms with E-state index in [0.29, 0.717) is 24.2 Å². The van der Waals surface area contributed by atoms with Crippen LogP contribution in [0.4, 0.5) is 0 Å². The highest BCUT2D eigenvalue weighted by Crippen LogP contribution is 2.26. The van der Waals surface area contributed by atoms with E-state index >= 15 is 0 Å². The summed E-state index contributed by atoms with van der Waals surface area (Å²) < 4.78 is 5.28. The molecule has 0 saturated heterocycles. The first kappa shape index (κ1) is 13.3. The average Bonchev–Trinajstić information content (AvgIpc) is 2.37. The Morgan fingerprint density at radius 1 is 1.28 bits per heavy atom. The van der Waals surface area contributed by atoms with Crippen molar-refractivity contribution in [1.29, 1.82) is 0 Å². The average molecular weight is 282 g/mol. The van der Waals surface area contributed by atoms with Gasteiger partial charge in [-0.25, -0.2) is 9.97 Å². The minimum atomic E-state index is 0.376. The van der Waals surface area contributed by atoms with Crippen molar-refractivity contribution in [1.82, 2.24) is 15.0 Å². The Labute approximate surface area is 115 Å². The van der Waals surface area contributed by atoms with E-state index in [0.717, 1.165) is 9.92 Å². The molecule has 6 heteroatoms. The molecule has 0 spiro atoms. The zero-order valence-electron chi connectivity index (χ0n) is 9.84. The Balaban J connectivity index is 2.15. The van der Waals surface area contributed by atoms with E-state index in [9.17, 15) is 0 Å². The number of rotatable bonds is 5. The van der Waals surface area contributed by atoms with Crippen LogP contribution >= 0.6 is 23.4 Å². The lowest BCUT2D eigenvalue weighted by molar-refractivity contribution is 0.128. The zero-order valence-corrected chi connectivity index (χ0v) is 11.4. The highest BCUT2D eigenvalue weighted by molar-refractivity contribution is 7.99. The van der Waals surface area contributed by atoms with E-state index in [1.165, 1.54) is 11.8 Å². The molecule has 0 unspecified atom stereocenters. The van der Waals surface area contributed by atoms with Gasteiger partial charge in [-0.05, 0) is 19.1 Å². The standard InChI is InChI=1S/C12H12ClN3OS/c1-2-17-8-11-15-10(13)7-12(16-11)18-9-3-5-14-6-4-9/h3-7H,2,8H2,1H3. The van der Waals surface area contributed by atoms with E-state index in [4.69, 9.17) is 16.3 Å². The number of aromatic nitrogens is 3. The second-order valence-electron chi connectivity index (χ2n) is 3.37. The number of nitrogens with zero attached hydrogens (tertiary/aromatic N) is 3. The molecule has 0 aliphatic heterocycles. The molecule has 0 aliphatic rings. The minimum Gasteiger partial charge on any atom is -0.374 e. The number of pyridine rings is 1. The van der Waals surface area contributed by atoms with E-state index in [1.54, 1.807) is 18.5 Å². The summed E-state index contributed by atoms with van der Waals surface area (Å²) in [4.78, 5) is 13.5. The molecule has 0 N–H and O–H groups in total. The molecule has 0 fully saturated rings. The van der Waals surface area contributed by atoms with Crippen LogP contribution in [-0.2, 0) is 11.3 Å². The van der Waals surface area contributed by atoms with Crippen molar-refractivity contribution in [2.24, 2.45) is 0 Å². The van der Waals surface area contributed by atoms with Crippen LogP contribution in [0.25, 0.3) is 0 Å². The Hall–Kier alpha value is -1.17. The molecule has 2 aromatic heterocycles. The smallest absolute Gasteiger partial charge is 0.157 e. The third-order valence-electron chi connectivity index (χ3n) is 2.03. The van der Waals surface area contributed by atoms with Crippen LogP contribution in [0.5, 0.6) is 0 Å². The Kier molecular flexibility index (Phi) is 4.92. The minimum absolute atomic E-state index is 0.376. The van der Waals surface area contributed by atoms with Crippen molar-refractivity contribution >= 4 is 23.4 Å². The van der Waals surface area contributed by atoms with Crippen molar-refractivity contribution < 1.29 is 4.74 Å². The van der Waals surface area contributed by atoms with Crippen LogP contribution in [-0.4, -0.2) is 21.6 Å². The van der Waals surface area contributed by atoms with Crippen molar-refractivity contribution in [3.05, 3.63) is 41.6 Å². The molecule has 0 bridgehead atoms. The second-order valence-corrected chi connectivity index (χ2v) is 4.85. The summed E-state index contributed by atoms with van der Waals surface area (Å²) in [6.45, 7) is 2.93. The van der Waals surface area contributed by atoms with Gasteiger partial charge < -0.3 is 4.74 Å². The van der Waals surface area contributed by atoms with E-state index in [2.05, 4.69) is 15.0 Å². The number of ether oxygens (including phenoxy) is 1. The summed E-state index contributed by atoms with van der Waals surface area (Å²) in [6, 6.07) is 5.58. The molecular weight excluding hydrogens is 270 g/mol. The van der Waals surface area contributed by atoms with Crippen LogP contribution in [0.2, 0.25) is 5.15 Å². The second kappa shape index (κ2) is 6.68. The summed E-state index contributed by atoms with van der Waals surface area (Å²) in [5.74, 6) is 0.598. The fourth-order valence-corrected chi connectivity index (χ4v) is 2.37. The molecule has 0 aliphatic carbocycles. The fourth-order valence-electron chi connectivity index (χ4n) is 1.28. The van der Waals surface area contributed by atoms with Gasteiger partial charge in [0.15, 0.2) is 5.82 Å². The lowest BCUT2D eigenvalue weighted by atomic mass is 10.5. The molecular formula is C12H12ClN3OS. The van der Waals surface area contributed by atoms with Gasteiger partial charge in [-0.2, -0.15) is 0 Å². The third kappa shape index (κ3) is 3.94. The topological polar surface area (TPSA) is 47.9 Å². The summed E-state index contributed by atoms with van der Waals surface area (Å²) in [6.07, 6.45) is 3.48.